The van der Waals surface area contributed by atoms with Gasteiger partial charge in [0.15, 0.2) is 0 Å². The first-order valence-electron chi connectivity index (χ1n) is 7.06. The Hall–Kier alpha value is -0.960. The number of halogens is 1. The van der Waals surface area contributed by atoms with Crippen LogP contribution in [-0.4, -0.2) is 49.3 Å². The van der Waals surface area contributed by atoms with Crippen LogP contribution in [0.5, 0.6) is 0 Å². The van der Waals surface area contributed by atoms with E-state index in [1.165, 1.54) is 6.92 Å². The summed E-state index contributed by atoms with van der Waals surface area (Å²) in [5.74, 6) is -0.160. The standard InChI is InChI=1S/C14H17BrN2O4S/c1-7(18)16-9-5-20-13-10(6-21-12(9)13)17-11(19)4-8-2-3-22-14(8)15/h2-3,9-10,12-13H,4-6H2,1H3,(H,16,18)(H,17,19)/t9-,10-,12+,13+/m0/s1. The summed E-state index contributed by atoms with van der Waals surface area (Å²) in [5.41, 5.74) is 0.974. The summed E-state index contributed by atoms with van der Waals surface area (Å²) in [6, 6.07) is 1.62. The Balaban J connectivity index is 1.55. The maximum absolute atomic E-state index is 12.2. The van der Waals surface area contributed by atoms with Crippen LogP contribution < -0.4 is 10.6 Å². The van der Waals surface area contributed by atoms with E-state index in [9.17, 15) is 9.59 Å². The predicted octanol–water partition coefficient (Wildman–Crippen LogP) is 0.840. The van der Waals surface area contributed by atoms with Crippen molar-refractivity contribution in [3.63, 3.8) is 0 Å². The van der Waals surface area contributed by atoms with E-state index in [4.69, 9.17) is 9.47 Å². The molecule has 6 nitrogen and oxygen atoms in total. The number of hydrogen-bond donors (Lipinski definition) is 2. The molecule has 2 N–H and O–H groups in total. The molecule has 3 heterocycles. The van der Waals surface area contributed by atoms with E-state index in [1.54, 1.807) is 11.3 Å². The molecule has 0 radical (unpaired) electrons. The molecule has 0 aromatic carbocycles. The van der Waals surface area contributed by atoms with Crippen molar-refractivity contribution < 1.29 is 19.1 Å². The predicted molar refractivity (Wildman–Crippen MR) is 84.7 cm³/mol. The maximum Gasteiger partial charge on any atom is 0.224 e. The van der Waals surface area contributed by atoms with Crippen LogP contribution in [0.15, 0.2) is 15.2 Å². The highest BCUT2D eigenvalue weighted by atomic mass is 79.9. The van der Waals surface area contributed by atoms with Gasteiger partial charge in [-0.3, -0.25) is 9.59 Å². The van der Waals surface area contributed by atoms with Crippen LogP contribution >= 0.6 is 27.3 Å². The molecule has 2 saturated heterocycles. The van der Waals surface area contributed by atoms with Gasteiger partial charge in [0.05, 0.1) is 35.5 Å². The lowest BCUT2D eigenvalue weighted by Gasteiger charge is -2.18. The van der Waals surface area contributed by atoms with Gasteiger partial charge in [0.1, 0.15) is 12.2 Å². The second-order valence-corrected chi connectivity index (χ2v) is 7.71. The third kappa shape index (κ3) is 3.34. The summed E-state index contributed by atoms with van der Waals surface area (Å²) in [4.78, 5) is 23.3. The minimum atomic E-state index is -0.202. The van der Waals surface area contributed by atoms with Gasteiger partial charge in [-0.15, -0.1) is 11.3 Å². The van der Waals surface area contributed by atoms with Crippen molar-refractivity contribution in [3.05, 3.63) is 20.8 Å². The van der Waals surface area contributed by atoms with E-state index in [1.807, 2.05) is 11.4 Å². The molecule has 2 aliphatic rings. The first-order chi connectivity index (χ1) is 10.5. The van der Waals surface area contributed by atoms with Crippen molar-refractivity contribution in [2.45, 2.75) is 37.6 Å². The average Bonchev–Trinajstić information content (AvgIpc) is 3.11. The van der Waals surface area contributed by atoms with E-state index in [2.05, 4.69) is 26.6 Å². The number of fused-ring (bicyclic) bond motifs is 1. The number of rotatable bonds is 4. The highest BCUT2D eigenvalue weighted by Crippen LogP contribution is 2.28. The topological polar surface area (TPSA) is 76.7 Å². The molecule has 2 aliphatic heterocycles. The van der Waals surface area contributed by atoms with Crippen molar-refractivity contribution in [2.75, 3.05) is 13.2 Å². The number of carbonyl (C=O) groups is 2. The number of hydrogen-bond acceptors (Lipinski definition) is 5. The number of nitrogens with one attached hydrogen (secondary N) is 2. The van der Waals surface area contributed by atoms with Gasteiger partial charge in [0.25, 0.3) is 0 Å². The molecule has 1 aromatic rings. The minimum absolute atomic E-state index is 0.0556. The second-order valence-electron chi connectivity index (χ2n) is 5.47. The zero-order valence-corrected chi connectivity index (χ0v) is 14.4. The molecule has 8 heteroatoms. The van der Waals surface area contributed by atoms with Crippen molar-refractivity contribution in [2.24, 2.45) is 0 Å². The fraction of sp³-hybridized carbons (Fsp3) is 0.571. The third-order valence-electron chi connectivity index (χ3n) is 3.83. The van der Waals surface area contributed by atoms with Crippen LogP contribution in [0.1, 0.15) is 12.5 Å². The van der Waals surface area contributed by atoms with Crippen molar-refractivity contribution in [1.82, 2.24) is 10.6 Å². The molecular formula is C14H17BrN2O4S. The quantitative estimate of drug-likeness (QED) is 0.801. The third-order valence-corrected chi connectivity index (χ3v) is 5.64. The minimum Gasteiger partial charge on any atom is -0.371 e. The van der Waals surface area contributed by atoms with E-state index in [0.29, 0.717) is 19.6 Å². The zero-order chi connectivity index (χ0) is 15.7. The molecule has 0 bridgehead atoms. The smallest absolute Gasteiger partial charge is 0.224 e. The van der Waals surface area contributed by atoms with Gasteiger partial charge in [-0.05, 0) is 32.9 Å². The summed E-state index contributed by atoms with van der Waals surface area (Å²) >= 11 is 4.99. The van der Waals surface area contributed by atoms with Crippen LogP contribution in [0.2, 0.25) is 0 Å². The largest absolute Gasteiger partial charge is 0.371 e. The lowest BCUT2D eigenvalue weighted by atomic mass is 10.1. The fourth-order valence-electron chi connectivity index (χ4n) is 2.88. The lowest BCUT2D eigenvalue weighted by molar-refractivity contribution is -0.122. The summed E-state index contributed by atoms with van der Waals surface area (Å²) in [7, 11) is 0. The molecule has 22 heavy (non-hydrogen) atoms. The summed E-state index contributed by atoms with van der Waals surface area (Å²) < 4.78 is 12.4. The molecule has 2 fully saturated rings. The molecular weight excluding hydrogens is 372 g/mol. The Bertz CT molecular complexity index is 579. The highest BCUT2D eigenvalue weighted by molar-refractivity contribution is 9.11. The van der Waals surface area contributed by atoms with Crippen molar-refractivity contribution in [1.29, 1.82) is 0 Å². The Morgan fingerprint density at radius 2 is 1.91 bits per heavy atom. The number of ether oxygens (including phenoxy) is 2. The van der Waals surface area contributed by atoms with Crippen LogP contribution in [-0.2, 0) is 25.5 Å². The number of amides is 2. The van der Waals surface area contributed by atoms with Crippen LogP contribution in [0, 0.1) is 0 Å². The van der Waals surface area contributed by atoms with Crippen LogP contribution in [0.3, 0.4) is 0 Å². The second kappa shape index (κ2) is 6.66. The van der Waals surface area contributed by atoms with Gasteiger partial charge < -0.3 is 20.1 Å². The Morgan fingerprint density at radius 1 is 1.27 bits per heavy atom. The van der Waals surface area contributed by atoms with Gasteiger partial charge in [0, 0.05) is 6.92 Å². The molecule has 1 aromatic heterocycles. The summed E-state index contributed by atoms with van der Waals surface area (Å²) in [6.45, 7) is 2.29. The molecule has 0 aliphatic carbocycles. The average molecular weight is 389 g/mol. The number of carbonyl (C=O) groups excluding carboxylic acids is 2. The zero-order valence-electron chi connectivity index (χ0n) is 12.0. The normalized spacial score (nSPS) is 30.1. The SMILES string of the molecule is CC(=O)N[C@H]1CO[C@H]2[C@@H]1OC[C@@H]2NC(=O)Cc1ccsc1Br. The maximum atomic E-state index is 12.2. The number of thiophene rings is 1. The van der Waals surface area contributed by atoms with Crippen molar-refractivity contribution >= 4 is 39.1 Å². The first kappa shape index (κ1) is 15.9. The van der Waals surface area contributed by atoms with E-state index < -0.39 is 0 Å². The highest BCUT2D eigenvalue weighted by Gasteiger charge is 2.48. The Kier molecular flexibility index (Phi) is 4.82. The Labute approximate surface area is 140 Å². The molecule has 0 saturated carbocycles. The van der Waals surface area contributed by atoms with E-state index in [0.717, 1.165) is 9.35 Å². The summed E-state index contributed by atoms with van der Waals surface area (Å²) in [6.07, 6.45) is -0.0681. The van der Waals surface area contributed by atoms with Crippen LogP contribution in [0.25, 0.3) is 0 Å². The molecule has 0 spiro atoms. The first-order valence-corrected chi connectivity index (χ1v) is 8.73. The molecule has 3 rings (SSSR count). The lowest BCUT2D eigenvalue weighted by Crippen LogP contribution is -2.46. The van der Waals surface area contributed by atoms with E-state index >= 15 is 0 Å². The fourth-order valence-corrected chi connectivity index (χ4v) is 4.12. The molecule has 2 amide bonds. The molecule has 120 valence electrons. The monoisotopic (exact) mass is 388 g/mol. The summed E-state index contributed by atoms with van der Waals surface area (Å²) in [5, 5.41) is 7.74. The Morgan fingerprint density at radius 3 is 2.45 bits per heavy atom. The molecule has 4 atom stereocenters. The van der Waals surface area contributed by atoms with Gasteiger partial charge in [-0.2, -0.15) is 0 Å². The van der Waals surface area contributed by atoms with Gasteiger partial charge in [0.2, 0.25) is 11.8 Å². The molecule has 0 unspecified atom stereocenters. The van der Waals surface area contributed by atoms with E-state index in [-0.39, 0.29) is 36.1 Å². The van der Waals surface area contributed by atoms with Gasteiger partial charge in [-0.1, -0.05) is 0 Å². The van der Waals surface area contributed by atoms with Gasteiger partial charge >= 0.3 is 0 Å². The van der Waals surface area contributed by atoms with Crippen molar-refractivity contribution in [3.8, 4) is 0 Å². The van der Waals surface area contributed by atoms with Gasteiger partial charge in [-0.25, -0.2) is 0 Å². The van der Waals surface area contributed by atoms with Crippen LogP contribution in [0.4, 0.5) is 0 Å².